The average molecular weight is 1240 g/mol. The van der Waals surface area contributed by atoms with E-state index >= 15 is 0 Å². The molecule has 89 heavy (non-hydrogen) atoms. The fourth-order valence-electron chi connectivity index (χ4n) is 10.2. The number of aliphatic carboxylic acids is 1. The summed E-state index contributed by atoms with van der Waals surface area (Å²) in [5.41, 5.74) is 0. The van der Waals surface area contributed by atoms with Crippen molar-refractivity contribution in [3.05, 3.63) is 122 Å². The van der Waals surface area contributed by atoms with Crippen molar-refractivity contribution >= 4 is 17.9 Å². The van der Waals surface area contributed by atoms with Crippen molar-refractivity contribution in [2.75, 3.05) is 47.5 Å². The van der Waals surface area contributed by atoms with E-state index in [9.17, 15) is 19.5 Å². The molecule has 0 amide bonds. The predicted molar refractivity (Wildman–Crippen MR) is 380 cm³/mol. The van der Waals surface area contributed by atoms with Crippen LogP contribution in [-0.2, 0) is 33.3 Å². The molecular weight excluding hydrogens is 1100 g/mol. The molecule has 0 heterocycles. The number of carbonyl (C=O) groups excluding carboxylic acids is 3. The number of unbranched alkanes of at least 4 members (excludes halogenated alkanes) is 32. The van der Waals surface area contributed by atoms with Crippen LogP contribution in [0.25, 0.3) is 0 Å². The van der Waals surface area contributed by atoms with E-state index in [0.717, 1.165) is 103 Å². The fraction of sp³-hybridized carbons (Fsp3) is 0.713. The number of likely N-dealkylation sites (N-methyl/N-ethyl adjacent to an activating group) is 1. The minimum absolute atomic E-state index is 0.144. The standard InChI is InChI=1S/C80H137NO8/c1-6-8-10-12-14-16-18-20-22-24-26-28-30-32-34-36-38-39-41-42-44-46-48-50-52-54-56-58-60-62-64-66-68-70-77(82)87-74-76(75-88-80(79(84)85)86-73-72-81(3,4)5)89-78(83)71-69-67-65-63-61-59-57-55-53-51-49-47-45-43-40-37-35-33-31-29-27-25-23-21-19-17-15-13-11-9-7-2/h8-11,14-17,20-23,26-29,33,35,40,43,76,80H,6-7,12-13,18-19,24-25,30-32,34,36-39,41-42,44-75H2,1-5H3/b10-8-,11-9-,16-14-,17-15-,22-20-,23-21-,28-26-,29-27-,35-33-,43-40-. The Morgan fingerprint density at radius 2 is 0.607 bits per heavy atom. The summed E-state index contributed by atoms with van der Waals surface area (Å²) in [6.45, 7) is 4.55. The van der Waals surface area contributed by atoms with Gasteiger partial charge in [-0.2, -0.15) is 0 Å². The largest absolute Gasteiger partial charge is 0.545 e. The Balaban J connectivity index is 4.08. The minimum atomic E-state index is -1.63. The second-order valence-electron chi connectivity index (χ2n) is 25.5. The van der Waals surface area contributed by atoms with Crippen molar-refractivity contribution in [1.29, 1.82) is 0 Å². The first kappa shape index (κ1) is 84.7. The Morgan fingerprint density at radius 1 is 0.337 bits per heavy atom. The monoisotopic (exact) mass is 1240 g/mol. The minimum Gasteiger partial charge on any atom is -0.545 e. The molecule has 2 unspecified atom stereocenters. The number of nitrogens with zero attached hydrogens (tertiary/aromatic N) is 1. The second-order valence-corrected chi connectivity index (χ2v) is 25.5. The Labute approximate surface area is 548 Å². The fourth-order valence-corrected chi connectivity index (χ4v) is 10.2. The van der Waals surface area contributed by atoms with E-state index in [1.807, 2.05) is 21.1 Å². The van der Waals surface area contributed by atoms with Crippen LogP contribution in [0.5, 0.6) is 0 Å². The third-order valence-electron chi connectivity index (χ3n) is 15.7. The van der Waals surface area contributed by atoms with Gasteiger partial charge in [-0.1, -0.05) is 315 Å². The lowest BCUT2D eigenvalue weighted by Gasteiger charge is -2.26. The van der Waals surface area contributed by atoms with E-state index < -0.39 is 24.3 Å². The smallest absolute Gasteiger partial charge is 0.306 e. The Bertz CT molecular complexity index is 1880. The SMILES string of the molecule is CC/C=C\C/C=C\C/C=C\C/C=C\C/C=C\C/C=C\CCCCCCCCCCCCCCC(=O)OC(COC(=O)CCCCCCCCCCCCCCCCCCCCCC/C=C\C/C=C\C/C=C\C/C=C\CC)COC(OCC[N+](C)(C)C)C(=O)[O-]. The van der Waals surface area contributed by atoms with Gasteiger partial charge in [0, 0.05) is 12.8 Å². The highest BCUT2D eigenvalue weighted by Crippen LogP contribution is 2.18. The van der Waals surface area contributed by atoms with Crippen LogP contribution in [-0.4, -0.2) is 82.3 Å². The van der Waals surface area contributed by atoms with Gasteiger partial charge in [0.15, 0.2) is 12.4 Å². The molecule has 0 fully saturated rings. The topological polar surface area (TPSA) is 111 Å². The number of carboxylic acids is 1. The molecule has 0 radical (unpaired) electrons. The summed E-state index contributed by atoms with van der Waals surface area (Å²) in [6.07, 6.45) is 95.7. The molecule has 0 aromatic heterocycles. The molecule has 0 saturated carbocycles. The first-order chi connectivity index (χ1) is 43.6. The molecule has 0 aliphatic rings. The van der Waals surface area contributed by atoms with E-state index in [2.05, 4.69) is 135 Å². The van der Waals surface area contributed by atoms with Gasteiger partial charge >= 0.3 is 11.9 Å². The number of quaternary nitrogens is 1. The van der Waals surface area contributed by atoms with Crippen LogP contribution in [0.2, 0.25) is 0 Å². The second kappa shape index (κ2) is 69.6. The highest BCUT2D eigenvalue weighted by molar-refractivity contribution is 5.70. The number of rotatable bonds is 67. The molecule has 0 aromatic rings. The van der Waals surface area contributed by atoms with Crippen LogP contribution >= 0.6 is 0 Å². The van der Waals surface area contributed by atoms with Crippen LogP contribution in [0.3, 0.4) is 0 Å². The molecule has 0 rings (SSSR count). The third kappa shape index (κ3) is 71.0. The lowest BCUT2D eigenvalue weighted by atomic mass is 10.0. The predicted octanol–water partition coefficient (Wildman–Crippen LogP) is 21.8. The average Bonchev–Trinajstić information content (AvgIpc) is 3.64. The molecule has 0 N–H and O–H groups in total. The van der Waals surface area contributed by atoms with Gasteiger partial charge in [-0.3, -0.25) is 9.59 Å². The van der Waals surface area contributed by atoms with Crippen molar-refractivity contribution in [1.82, 2.24) is 0 Å². The third-order valence-corrected chi connectivity index (χ3v) is 15.7. The highest BCUT2D eigenvalue weighted by atomic mass is 16.7. The summed E-state index contributed by atoms with van der Waals surface area (Å²) in [6, 6.07) is 0. The van der Waals surface area contributed by atoms with Gasteiger partial charge in [-0.05, 0) is 103 Å². The number of esters is 2. The summed E-state index contributed by atoms with van der Waals surface area (Å²) < 4.78 is 22.8. The molecule has 9 nitrogen and oxygen atoms in total. The molecule has 9 heteroatoms. The van der Waals surface area contributed by atoms with Gasteiger partial charge in [-0.25, -0.2) is 0 Å². The van der Waals surface area contributed by atoms with Crippen LogP contribution in [0.15, 0.2) is 122 Å². The van der Waals surface area contributed by atoms with Crippen LogP contribution in [0.1, 0.15) is 309 Å². The molecule has 0 spiro atoms. The van der Waals surface area contributed by atoms with Gasteiger partial charge in [0.05, 0.1) is 40.3 Å². The quantitative estimate of drug-likeness (QED) is 0.0195. The van der Waals surface area contributed by atoms with Crippen LogP contribution in [0.4, 0.5) is 0 Å². The van der Waals surface area contributed by atoms with Crippen molar-refractivity contribution in [2.45, 2.75) is 322 Å². The maximum absolute atomic E-state index is 13.0. The Kier molecular flexibility index (Phi) is 66.2. The van der Waals surface area contributed by atoms with Gasteiger partial charge in [-0.15, -0.1) is 0 Å². The van der Waals surface area contributed by atoms with Crippen molar-refractivity contribution in [2.24, 2.45) is 0 Å². The Hall–Kier alpha value is -4.31. The molecule has 0 aromatic carbocycles. The number of carbonyl (C=O) groups is 3. The summed E-state index contributed by atoms with van der Waals surface area (Å²) in [5.74, 6) is -2.28. The molecule has 510 valence electrons. The Morgan fingerprint density at radius 3 is 0.899 bits per heavy atom. The summed E-state index contributed by atoms with van der Waals surface area (Å²) >= 11 is 0. The summed E-state index contributed by atoms with van der Waals surface area (Å²) in [4.78, 5) is 37.6. The lowest BCUT2D eigenvalue weighted by molar-refractivity contribution is -0.870. The van der Waals surface area contributed by atoms with Crippen molar-refractivity contribution < 1.29 is 42.9 Å². The van der Waals surface area contributed by atoms with E-state index in [-0.39, 0.29) is 38.6 Å². The molecule has 0 saturated heterocycles. The van der Waals surface area contributed by atoms with Gasteiger partial charge in [0.1, 0.15) is 13.2 Å². The molecule has 0 aliphatic carbocycles. The number of hydrogen-bond acceptors (Lipinski definition) is 8. The zero-order valence-electron chi connectivity index (χ0n) is 58.3. The number of carboxylic acid groups (broad SMARTS) is 1. The normalized spacial score (nSPS) is 13.4. The van der Waals surface area contributed by atoms with E-state index in [1.165, 1.54) is 173 Å². The van der Waals surface area contributed by atoms with Crippen molar-refractivity contribution in [3.63, 3.8) is 0 Å². The van der Waals surface area contributed by atoms with Crippen molar-refractivity contribution in [3.8, 4) is 0 Å². The number of hydrogen-bond donors (Lipinski definition) is 0. The first-order valence-corrected chi connectivity index (χ1v) is 36.7. The van der Waals surface area contributed by atoms with Crippen LogP contribution in [0, 0.1) is 0 Å². The zero-order chi connectivity index (χ0) is 64.7. The molecule has 2 atom stereocenters. The maximum atomic E-state index is 13.0. The number of ether oxygens (including phenoxy) is 4. The maximum Gasteiger partial charge on any atom is 0.306 e. The van der Waals surface area contributed by atoms with Crippen LogP contribution < -0.4 is 5.11 Å². The molecule has 0 bridgehead atoms. The van der Waals surface area contributed by atoms with E-state index in [4.69, 9.17) is 18.9 Å². The summed E-state index contributed by atoms with van der Waals surface area (Å²) in [7, 11) is 5.93. The molecular formula is C80H137NO8. The lowest BCUT2D eigenvalue weighted by Crippen LogP contribution is -2.44. The summed E-state index contributed by atoms with van der Waals surface area (Å²) in [5, 5.41) is 11.8. The zero-order valence-corrected chi connectivity index (χ0v) is 58.3. The first-order valence-electron chi connectivity index (χ1n) is 36.7. The molecule has 0 aliphatic heterocycles. The highest BCUT2D eigenvalue weighted by Gasteiger charge is 2.22. The van der Waals surface area contributed by atoms with E-state index in [0.29, 0.717) is 17.4 Å². The van der Waals surface area contributed by atoms with Gasteiger partial charge in [0.2, 0.25) is 0 Å². The van der Waals surface area contributed by atoms with Gasteiger partial charge < -0.3 is 33.3 Å². The van der Waals surface area contributed by atoms with Gasteiger partial charge in [0.25, 0.3) is 0 Å². The van der Waals surface area contributed by atoms with E-state index in [1.54, 1.807) is 0 Å². The number of allylic oxidation sites excluding steroid dienone is 20.